The molecule has 3 rings (SSSR count). The molecule has 0 aliphatic rings. The first-order valence-corrected chi connectivity index (χ1v) is 6.68. The van der Waals surface area contributed by atoms with Crippen molar-refractivity contribution in [2.24, 2.45) is 5.73 Å². The molecule has 0 aliphatic carbocycles. The number of fused-ring (bicyclic) bond motifs is 3. The van der Waals surface area contributed by atoms with Gasteiger partial charge in [-0.2, -0.15) is 0 Å². The molecule has 19 heavy (non-hydrogen) atoms. The van der Waals surface area contributed by atoms with Crippen molar-refractivity contribution in [2.45, 2.75) is 25.7 Å². The summed E-state index contributed by atoms with van der Waals surface area (Å²) in [6.45, 7) is 5.19. The largest absolute Gasteiger partial charge is 0.354 e. The average Bonchev–Trinajstić information content (AvgIpc) is 2.76. The van der Waals surface area contributed by atoms with E-state index in [0.29, 0.717) is 6.54 Å². The Labute approximate surface area is 112 Å². The highest BCUT2D eigenvalue weighted by atomic mass is 14.7. The molecule has 0 spiro atoms. The van der Waals surface area contributed by atoms with Crippen LogP contribution in [0, 0.1) is 0 Å². The van der Waals surface area contributed by atoms with E-state index < -0.39 is 0 Å². The van der Waals surface area contributed by atoms with Gasteiger partial charge in [0, 0.05) is 34.2 Å². The fraction of sp³-hybridized carbons (Fsp3) is 0.312. The van der Waals surface area contributed by atoms with Crippen LogP contribution < -0.4 is 5.73 Å². The summed E-state index contributed by atoms with van der Waals surface area (Å²) in [5.41, 5.74) is 9.45. The second kappa shape index (κ2) is 4.35. The summed E-state index contributed by atoms with van der Waals surface area (Å²) in [7, 11) is 0. The smallest absolute Gasteiger partial charge is 0.0495 e. The molecule has 3 heteroatoms. The Morgan fingerprint density at radius 2 is 2.00 bits per heavy atom. The summed E-state index contributed by atoms with van der Waals surface area (Å²) < 4.78 is 0. The van der Waals surface area contributed by atoms with Gasteiger partial charge >= 0.3 is 0 Å². The number of hydrogen-bond donors (Lipinski definition) is 2. The van der Waals surface area contributed by atoms with Gasteiger partial charge in [-0.3, -0.25) is 4.98 Å². The maximum Gasteiger partial charge on any atom is 0.0495 e. The Morgan fingerprint density at radius 3 is 2.79 bits per heavy atom. The first-order valence-electron chi connectivity index (χ1n) is 6.68. The summed E-state index contributed by atoms with van der Waals surface area (Å²) in [4.78, 5) is 7.66. The van der Waals surface area contributed by atoms with Crippen molar-refractivity contribution < 1.29 is 0 Å². The average molecular weight is 253 g/mol. The molecular weight excluding hydrogens is 234 g/mol. The Kier molecular flexibility index (Phi) is 2.79. The predicted molar refractivity (Wildman–Crippen MR) is 80.3 cm³/mol. The number of nitrogens with one attached hydrogen (secondary N) is 1. The highest BCUT2D eigenvalue weighted by molar-refractivity contribution is 6.06. The van der Waals surface area contributed by atoms with Crippen molar-refractivity contribution in [3.8, 4) is 0 Å². The van der Waals surface area contributed by atoms with Crippen molar-refractivity contribution in [3.63, 3.8) is 0 Å². The van der Waals surface area contributed by atoms with Gasteiger partial charge in [0.15, 0.2) is 0 Å². The zero-order valence-electron chi connectivity index (χ0n) is 11.4. The Morgan fingerprint density at radius 1 is 1.16 bits per heavy atom. The van der Waals surface area contributed by atoms with Crippen LogP contribution in [-0.4, -0.2) is 16.5 Å². The third-order valence-electron chi connectivity index (χ3n) is 3.95. The fourth-order valence-electron chi connectivity index (χ4n) is 2.67. The number of aromatic amines is 1. The molecule has 0 bridgehead atoms. The van der Waals surface area contributed by atoms with Gasteiger partial charge in [0.1, 0.15) is 0 Å². The van der Waals surface area contributed by atoms with E-state index in [0.717, 1.165) is 11.9 Å². The van der Waals surface area contributed by atoms with Crippen LogP contribution in [0.25, 0.3) is 21.8 Å². The third-order valence-corrected chi connectivity index (χ3v) is 3.95. The number of aromatic nitrogens is 2. The van der Waals surface area contributed by atoms with E-state index in [2.05, 4.69) is 42.0 Å². The van der Waals surface area contributed by atoms with Gasteiger partial charge in [0.05, 0.1) is 0 Å². The van der Waals surface area contributed by atoms with E-state index in [-0.39, 0.29) is 5.41 Å². The maximum absolute atomic E-state index is 5.71. The molecule has 0 saturated heterocycles. The van der Waals surface area contributed by atoms with Crippen molar-refractivity contribution in [1.29, 1.82) is 0 Å². The lowest BCUT2D eigenvalue weighted by Crippen LogP contribution is -2.21. The number of H-pyrrole nitrogens is 1. The number of benzene rings is 1. The van der Waals surface area contributed by atoms with Crippen LogP contribution in [0.4, 0.5) is 0 Å². The second-order valence-electron chi connectivity index (χ2n) is 5.73. The van der Waals surface area contributed by atoms with E-state index in [1.165, 1.54) is 21.9 Å². The quantitative estimate of drug-likeness (QED) is 0.752. The molecule has 0 amide bonds. The summed E-state index contributed by atoms with van der Waals surface area (Å²) in [6, 6.07) is 8.65. The fourth-order valence-corrected chi connectivity index (χ4v) is 2.67. The van der Waals surface area contributed by atoms with Crippen LogP contribution in [0.15, 0.2) is 36.7 Å². The van der Waals surface area contributed by atoms with Gasteiger partial charge < -0.3 is 10.7 Å². The van der Waals surface area contributed by atoms with Gasteiger partial charge in [-0.15, -0.1) is 0 Å². The molecule has 3 aromatic rings. The predicted octanol–water partition coefficient (Wildman–Crippen LogP) is 3.34. The number of rotatable bonds is 3. The molecule has 2 heterocycles. The van der Waals surface area contributed by atoms with Crippen LogP contribution in [-0.2, 0) is 5.41 Å². The van der Waals surface area contributed by atoms with Crippen LogP contribution in [0.2, 0.25) is 0 Å². The SMILES string of the molecule is CC(C)(CCN)c1ccc2c(c1)[nH]c1ccncc12. The molecule has 0 aliphatic heterocycles. The molecule has 3 N–H and O–H groups in total. The van der Waals surface area contributed by atoms with E-state index in [1.807, 2.05) is 18.5 Å². The van der Waals surface area contributed by atoms with E-state index in [9.17, 15) is 0 Å². The first kappa shape index (κ1) is 12.2. The minimum absolute atomic E-state index is 0.110. The van der Waals surface area contributed by atoms with Crippen molar-refractivity contribution in [1.82, 2.24) is 9.97 Å². The minimum atomic E-state index is 0.110. The van der Waals surface area contributed by atoms with Crippen LogP contribution >= 0.6 is 0 Å². The summed E-state index contributed by atoms with van der Waals surface area (Å²) in [6.07, 6.45) is 4.72. The Bertz CT molecular complexity index is 725. The van der Waals surface area contributed by atoms with Crippen molar-refractivity contribution in [2.75, 3.05) is 6.54 Å². The van der Waals surface area contributed by atoms with Gasteiger partial charge in [-0.05, 0) is 36.1 Å². The van der Waals surface area contributed by atoms with Gasteiger partial charge in [-0.25, -0.2) is 0 Å². The summed E-state index contributed by atoms with van der Waals surface area (Å²) in [5.74, 6) is 0. The molecule has 0 unspecified atom stereocenters. The number of nitrogens with zero attached hydrogens (tertiary/aromatic N) is 1. The van der Waals surface area contributed by atoms with Crippen molar-refractivity contribution >= 4 is 21.8 Å². The Hall–Kier alpha value is -1.87. The molecule has 0 atom stereocenters. The Balaban J connectivity index is 2.18. The molecular formula is C16H19N3. The topological polar surface area (TPSA) is 54.7 Å². The molecule has 0 radical (unpaired) electrons. The highest BCUT2D eigenvalue weighted by Gasteiger charge is 2.20. The third kappa shape index (κ3) is 2.00. The molecule has 2 aromatic heterocycles. The van der Waals surface area contributed by atoms with Gasteiger partial charge in [-0.1, -0.05) is 26.0 Å². The van der Waals surface area contributed by atoms with Gasteiger partial charge in [0.25, 0.3) is 0 Å². The maximum atomic E-state index is 5.71. The number of pyridine rings is 1. The van der Waals surface area contributed by atoms with Crippen LogP contribution in [0.3, 0.4) is 0 Å². The lowest BCUT2D eigenvalue weighted by atomic mass is 9.81. The lowest BCUT2D eigenvalue weighted by molar-refractivity contribution is 0.488. The second-order valence-corrected chi connectivity index (χ2v) is 5.73. The normalized spacial score (nSPS) is 12.4. The summed E-state index contributed by atoms with van der Waals surface area (Å²) in [5, 5.41) is 2.41. The minimum Gasteiger partial charge on any atom is -0.354 e. The monoisotopic (exact) mass is 253 g/mol. The zero-order valence-corrected chi connectivity index (χ0v) is 11.4. The molecule has 98 valence electrons. The highest BCUT2D eigenvalue weighted by Crippen LogP contribution is 2.31. The van der Waals surface area contributed by atoms with Crippen LogP contribution in [0.5, 0.6) is 0 Å². The standard InChI is InChI=1S/C16H19N3/c1-16(2,6-7-17)11-3-4-12-13-10-18-8-5-14(13)19-15(12)9-11/h3-5,8-10,19H,6-7,17H2,1-2H3. The van der Waals surface area contributed by atoms with Crippen molar-refractivity contribution in [3.05, 3.63) is 42.2 Å². The summed E-state index contributed by atoms with van der Waals surface area (Å²) >= 11 is 0. The first-order chi connectivity index (χ1) is 9.12. The van der Waals surface area contributed by atoms with E-state index in [4.69, 9.17) is 5.73 Å². The molecule has 1 aromatic carbocycles. The molecule has 0 saturated carbocycles. The van der Waals surface area contributed by atoms with Crippen LogP contribution in [0.1, 0.15) is 25.8 Å². The van der Waals surface area contributed by atoms with Gasteiger partial charge in [0.2, 0.25) is 0 Å². The number of nitrogens with two attached hydrogens (primary N) is 1. The lowest BCUT2D eigenvalue weighted by Gasteiger charge is -2.24. The zero-order chi connectivity index (χ0) is 13.5. The molecule has 3 nitrogen and oxygen atoms in total. The van der Waals surface area contributed by atoms with E-state index >= 15 is 0 Å². The van der Waals surface area contributed by atoms with E-state index in [1.54, 1.807) is 0 Å². The number of hydrogen-bond acceptors (Lipinski definition) is 2. The molecule has 0 fully saturated rings.